The first-order valence-corrected chi connectivity index (χ1v) is 10.5. The van der Waals surface area contributed by atoms with Crippen LogP contribution in [0.2, 0.25) is 0 Å². The van der Waals surface area contributed by atoms with Crippen molar-refractivity contribution in [2.45, 2.75) is 26.4 Å². The molecule has 0 aliphatic carbocycles. The van der Waals surface area contributed by atoms with E-state index in [2.05, 4.69) is 5.32 Å². The van der Waals surface area contributed by atoms with Crippen molar-refractivity contribution < 1.29 is 23.6 Å². The third kappa shape index (κ3) is 5.57. The highest BCUT2D eigenvalue weighted by Gasteiger charge is 2.29. The minimum atomic E-state index is -3.39. The standard InChI is InChI=1S/C21H24NO5P/c1-21(2,3)27-20(24)22-18(19(23)26-4)15-28(25,16-11-7-5-8-12-16)17-13-9-6-10-14-17/h5-15H,1-4H3,(H,22,24)/b18-15+. The third-order valence-electron chi connectivity index (χ3n) is 3.63. The van der Waals surface area contributed by atoms with Crippen LogP contribution in [0.4, 0.5) is 4.79 Å². The third-order valence-corrected chi connectivity index (χ3v) is 6.38. The SMILES string of the molecule is COC(=O)/C(=C\P(=O)(c1ccccc1)c1ccccc1)NC(=O)OC(C)(C)C. The van der Waals surface area contributed by atoms with E-state index in [1.54, 1.807) is 69.3 Å². The van der Waals surface area contributed by atoms with Gasteiger partial charge in [0.25, 0.3) is 0 Å². The number of hydrogen-bond acceptors (Lipinski definition) is 5. The van der Waals surface area contributed by atoms with E-state index in [-0.39, 0.29) is 5.70 Å². The van der Waals surface area contributed by atoms with Gasteiger partial charge in [-0.3, -0.25) is 5.32 Å². The summed E-state index contributed by atoms with van der Waals surface area (Å²) in [7, 11) is -2.20. The zero-order valence-electron chi connectivity index (χ0n) is 16.3. The number of alkyl carbamates (subject to hydrolysis) is 1. The molecule has 0 unspecified atom stereocenters. The molecule has 0 aliphatic rings. The minimum absolute atomic E-state index is 0.243. The van der Waals surface area contributed by atoms with Crippen LogP contribution in [0.3, 0.4) is 0 Å². The summed E-state index contributed by atoms with van der Waals surface area (Å²) in [6.45, 7) is 5.10. The monoisotopic (exact) mass is 401 g/mol. The molecule has 0 bridgehead atoms. The fourth-order valence-corrected chi connectivity index (χ4v) is 4.80. The zero-order chi connectivity index (χ0) is 20.8. The largest absolute Gasteiger partial charge is 0.464 e. The van der Waals surface area contributed by atoms with E-state index in [0.717, 1.165) is 0 Å². The van der Waals surface area contributed by atoms with Crippen LogP contribution in [0.25, 0.3) is 0 Å². The van der Waals surface area contributed by atoms with Crippen molar-refractivity contribution in [2.75, 3.05) is 7.11 Å². The lowest BCUT2D eigenvalue weighted by molar-refractivity contribution is -0.136. The van der Waals surface area contributed by atoms with Crippen LogP contribution in [0, 0.1) is 0 Å². The number of carbonyl (C=O) groups excluding carboxylic acids is 2. The molecule has 7 heteroatoms. The summed E-state index contributed by atoms with van der Waals surface area (Å²) in [4.78, 5) is 24.4. The normalized spacial score (nSPS) is 12.2. The highest BCUT2D eigenvalue weighted by Crippen LogP contribution is 2.45. The molecule has 2 aromatic rings. The summed E-state index contributed by atoms with van der Waals surface area (Å²) < 4.78 is 24.0. The van der Waals surface area contributed by atoms with Gasteiger partial charge in [0.2, 0.25) is 0 Å². The number of rotatable bonds is 5. The Morgan fingerprint density at radius 1 is 0.929 bits per heavy atom. The molecule has 2 rings (SSSR count). The lowest BCUT2D eigenvalue weighted by Gasteiger charge is -2.21. The van der Waals surface area contributed by atoms with E-state index in [1.807, 2.05) is 12.1 Å². The summed E-state index contributed by atoms with van der Waals surface area (Å²) in [5, 5.41) is 3.42. The first-order valence-electron chi connectivity index (χ1n) is 8.68. The predicted octanol–water partition coefficient (Wildman–Crippen LogP) is 3.54. The molecular formula is C21H24NO5P. The second-order valence-corrected chi connectivity index (χ2v) is 9.60. The molecule has 1 amide bonds. The lowest BCUT2D eigenvalue weighted by Crippen LogP contribution is -2.34. The van der Waals surface area contributed by atoms with Crippen molar-refractivity contribution in [2.24, 2.45) is 0 Å². The van der Waals surface area contributed by atoms with Gasteiger partial charge in [-0.2, -0.15) is 0 Å². The number of carbonyl (C=O) groups is 2. The van der Waals surface area contributed by atoms with Gasteiger partial charge >= 0.3 is 12.1 Å². The van der Waals surface area contributed by atoms with Gasteiger partial charge in [0.15, 0.2) is 7.14 Å². The second kappa shape index (κ2) is 8.89. The smallest absolute Gasteiger partial charge is 0.412 e. The van der Waals surface area contributed by atoms with Gasteiger partial charge in [-0.15, -0.1) is 0 Å². The van der Waals surface area contributed by atoms with Gasteiger partial charge in [0, 0.05) is 16.4 Å². The van der Waals surface area contributed by atoms with Crippen LogP contribution >= 0.6 is 7.14 Å². The summed E-state index contributed by atoms with van der Waals surface area (Å²) in [6.07, 6.45) is -0.836. The van der Waals surface area contributed by atoms with Crippen molar-refractivity contribution in [1.82, 2.24) is 5.32 Å². The Morgan fingerprint density at radius 2 is 1.39 bits per heavy atom. The van der Waals surface area contributed by atoms with Crippen molar-refractivity contribution in [3.63, 3.8) is 0 Å². The number of ether oxygens (including phenoxy) is 2. The zero-order valence-corrected chi connectivity index (χ0v) is 17.2. The number of methoxy groups -OCH3 is 1. The Labute approximate surface area is 164 Å². The average Bonchev–Trinajstić information content (AvgIpc) is 2.66. The maximum Gasteiger partial charge on any atom is 0.412 e. The Kier molecular flexibility index (Phi) is 6.81. The molecule has 0 fully saturated rings. The fraction of sp³-hybridized carbons (Fsp3) is 0.238. The number of benzene rings is 2. The molecule has 148 valence electrons. The molecule has 0 atom stereocenters. The second-order valence-electron chi connectivity index (χ2n) is 6.99. The first kappa shape index (κ1) is 21.5. The predicted molar refractivity (Wildman–Crippen MR) is 109 cm³/mol. The molecule has 2 aromatic carbocycles. The Morgan fingerprint density at radius 3 is 1.79 bits per heavy atom. The van der Waals surface area contributed by atoms with Crippen molar-refractivity contribution in [1.29, 1.82) is 0 Å². The van der Waals surface area contributed by atoms with E-state index >= 15 is 0 Å². The topological polar surface area (TPSA) is 81.7 Å². The van der Waals surface area contributed by atoms with Gasteiger partial charge in [0.1, 0.15) is 11.3 Å². The summed E-state index contributed by atoms with van der Waals surface area (Å²) in [5.41, 5.74) is -0.999. The van der Waals surface area contributed by atoms with Gasteiger partial charge in [0.05, 0.1) is 7.11 Å². The fourth-order valence-electron chi connectivity index (χ4n) is 2.44. The summed E-state index contributed by atoms with van der Waals surface area (Å²) in [6, 6.07) is 17.5. The van der Waals surface area contributed by atoms with E-state index in [9.17, 15) is 14.2 Å². The van der Waals surface area contributed by atoms with E-state index in [1.165, 1.54) is 12.9 Å². The molecule has 0 saturated carbocycles. The lowest BCUT2D eigenvalue weighted by atomic mass is 10.2. The van der Waals surface area contributed by atoms with Gasteiger partial charge in [-0.1, -0.05) is 60.7 Å². The van der Waals surface area contributed by atoms with Gasteiger partial charge < -0.3 is 14.0 Å². The maximum absolute atomic E-state index is 14.0. The molecule has 0 aromatic heterocycles. The molecule has 0 saturated heterocycles. The molecule has 0 radical (unpaired) electrons. The maximum atomic E-state index is 14.0. The number of hydrogen-bond donors (Lipinski definition) is 1. The highest BCUT2D eigenvalue weighted by atomic mass is 31.2. The van der Waals surface area contributed by atoms with Crippen LogP contribution < -0.4 is 15.9 Å². The minimum Gasteiger partial charge on any atom is -0.464 e. The van der Waals surface area contributed by atoms with Crippen LogP contribution in [-0.2, 0) is 18.8 Å². The van der Waals surface area contributed by atoms with E-state index < -0.39 is 24.8 Å². The van der Waals surface area contributed by atoms with Crippen LogP contribution in [-0.4, -0.2) is 24.8 Å². The van der Waals surface area contributed by atoms with Gasteiger partial charge in [-0.25, -0.2) is 9.59 Å². The van der Waals surface area contributed by atoms with Crippen molar-refractivity contribution >= 4 is 29.8 Å². The molecule has 6 nitrogen and oxygen atoms in total. The Bertz CT molecular complexity index is 858. The Hall–Kier alpha value is -2.85. The van der Waals surface area contributed by atoms with Crippen LogP contribution in [0.5, 0.6) is 0 Å². The molecule has 28 heavy (non-hydrogen) atoms. The Balaban J connectivity index is 2.56. The molecule has 0 heterocycles. The first-order chi connectivity index (χ1) is 13.2. The summed E-state index contributed by atoms with van der Waals surface area (Å²) >= 11 is 0. The quantitative estimate of drug-likeness (QED) is 0.471. The number of esters is 1. The van der Waals surface area contributed by atoms with Crippen LogP contribution in [0.1, 0.15) is 20.8 Å². The van der Waals surface area contributed by atoms with Crippen molar-refractivity contribution in [3.8, 4) is 0 Å². The van der Waals surface area contributed by atoms with Crippen molar-refractivity contribution in [3.05, 3.63) is 72.2 Å². The molecule has 1 N–H and O–H groups in total. The van der Waals surface area contributed by atoms with E-state index in [0.29, 0.717) is 10.6 Å². The van der Waals surface area contributed by atoms with Crippen LogP contribution in [0.15, 0.2) is 72.2 Å². The highest BCUT2D eigenvalue weighted by molar-refractivity contribution is 7.81. The molecular weight excluding hydrogens is 377 g/mol. The van der Waals surface area contributed by atoms with Gasteiger partial charge in [-0.05, 0) is 20.8 Å². The number of nitrogens with one attached hydrogen (secondary N) is 1. The average molecular weight is 401 g/mol. The molecule has 0 aliphatic heterocycles. The number of amides is 1. The summed E-state index contributed by atoms with van der Waals surface area (Å²) in [5.74, 6) is 0.436. The molecule has 0 spiro atoms. The van der Waals surface area contributed by atoms with E-state index in [4.69, 9.17) is 9.47 Å².